The second-order valence-electron chi connectivity index (χ2n) is 10.8. The number of aliphatic hydroxyl groups excluding tert-OH is 3. The Labute approximate surface area is 285 Å². The summed E-state index contributed by atoms with van der Waals surface area (Å²) in [6.07, 6.45) is -6.51. The average molecular weight is 742 g/mol. The molecule has 1 amide bonds. The van der Waals surface area contributed by atoms with Crippen LogP contribution in [0.3, 0.4) is 0 Å². The molecule has 2 aromatic heterocycles. The van der Waals surface area contributed by atoms with Crippen molar-refractivity contribution in [2.45, 2.75) is 76.3 Å². The minimum Gasteiger partial charge on any atom is -0.394 e. The standard InChI is InChI=1S/C26H44N7O16P/c1-15(12-34)47-25(20(24(37)38)28-16(2)36)45-10-9-44-8-7-43-6-5-32-11-17(30-31-32)14-46-22-21(49-50(40,41)42)18(13-35)48-23(22)33-4-3-19(27)29-26(33)39/h3-4,11,15,18,20-25,34-35,37-38H,5-10,12-14H2,1-2H3,(H,28,36)(H2,27,29,39)(H2,40,41,42)/t15?,18-,20?,21?,22?,23-,25?/m1/s1. The summed E-state index contributed by atoms with van der Waals surface area (Å²) in [6.45, 7) is 2.33. The monoisotopic (exact) mass is 741 g/mol. The summed E-state index contributed by atoms with van der Waals surface area (Å²) in [4.78, 5) is 46.4. The minimum absolute atomic E-state index is 0.0381. The number of phosphoric acid groups is 1. The van der Waals surface area contributed by atoms with E-state index in [0.717, 1.165) is 4.57 Å². The zero-order valence-electron chi connectivity index (χ0n) is 27.2. The number of ether oxygens (including phenoxy) is 6. The topological polar surface area (TPSA) is 324 Å². The lowest BCUT2D eigenvalue weighted by Gasteiger charge is -2.30. The first-order valence-electron chi connectivity index (χ1n) is 15.2. The molecule has 50 heavy (non-hydrogen) atoms. The summed E-state index contributed by atoms with van der Waals surface area (Å²) < 4.78 is 52.5. The highest BCUT2D eigenvalue weighted by Crippen LogP contribution is 2.44. The Morgan fingerprint density at radius 1 is 1.14 bits per heavy atom. The van der Waals surface area contributed by atoms with Gasteiger partial charge in [0.25, 0.3) is 0 Å². The van der Waals surface area contributed by atoms with Gasteiger partial charge in [-0.1, -0.05) is 5.21 Å². The van der Waals surface area contributed by atoms with Crippen LogP contribution in [0.4, 0.5) is 5.82 Å². The van der Waals surface area contributed by atoms with Gasteiger partial charge in [-0.25, -0.2) is 14.0 Å². The fourth-order valence-electron chi connectivity index (χ4n) is 4.58. The number of hydrogen-bond donors (Lipinski definition) is 8. The Morgan fingerprint density at radius 2 is 1.84 bits per heavy atom. The number of rotatable bonds is 23. The molecule has 1 fully saturated rings. The number of nitrogens with zero attached hydrogens (tertiary/aromatic N) is 5. The number of phosphoric ester groups is 1. The van der Waals surface area contributed by atoms with Crippen LogP contribution >= 0.6 is 7.82 Å². The van der Waals surface area contributed by atoms with E-state index in [4.69, 9.17) is 38.7 Å². The van der Waals surface area contributed by atoms with Crippen LogP contribution < -0.4 is 16.7 Å². The van der Waals surface area contributed by atoms with Crippen LogP contribution in [0.15, 0.2) is 23.3 Å². The largest absolute Gasteiger partial charge is 0.470 e. The van der Waals surface area contributed by atoms with Crippen LogP contribution in [-0.2, 0) is 55.5 Å². The lowest BCUT2D eigenvalue weighted by atomic mass is 10.1. The summed E-state index contributed by atoms with van der Waals surface area (Å²) >= 11 is 0. The van der Waals surface area contributed by atoms with Crippen molar-refractivity contribution in [3.05, 3.63) is 34.6 Å². The van der Waals surface area contributed by atoms with Crippen molar-refractivity contribution in [2.75, 3.05) is 52.0 Å². The number of aromatic nitrogens is 5. The smallest absolute Gasteiger partial charge is 0.394 e. The molecule has 0 spiro atoms. The first-order valence-corrected chi connectivity index (χ1v) is 16.8. The normalized spacial score (nSPS) is 21.4. The average Bonchev–Trinajstić information content (AvgIpc) is 3.63. The van der Waals surface area contributed by atoms with Crippen molar-refractivity contribution in [1.29, 1.82) is 0 Å². The lowest BCUT2D eigenvalue weighted by molar-refractivity contribution is -0.227. The van der Waals surface area contributed by atoms with Gasteiger partial charge in [-0.05, 0) is 13.0 Å². The van der Waals surface area contributed by atoms with Gasteiger partial charge in [0.1, 0.15) is 35.9 Å². The third kappa shape index (κ3) is 13.3. The van der Waals surface area contributed by atoms with Crippen LogP contribution in [-0.4, -0.2) is 150 Å². The molecule has 7 atom stereocenters. The zero-order chi connectivity index (χ0) is 36.8. The summed E-state index contributed by atoms with van der Waals surface area (Å²) in [5, 5.41) is 48.6. The Hall–Kier alpha value is -3.00. The molecule has 24 heteroatoms. The second kappa shape index (κ2) is 20.1. The number of carbonyl (C=O) groups is 1. The number of hydrogen-bond acceptors (Lipinski definition) is 18. The maximum atomic E-state index is 12.5. The van der Waals surface area contributed by atoms with Gasteiger partial charge in [0.2, 0.25) is 5.91 Å². The van der Waals surface area contributed by atoms with E-state index in [-0.39, 0.29) is 58.6 Å². The second-order valence-corrected chi connectivity index (χ2v) is 12.0. The van der Waals surface area contributed by atoms with Gasteiger partial charge in [-0.15, -0.1) is 5.10 Å². The van der Waals surface area contributed by atoms with Gasteiger partial charge in [-0.3, -0.25) is 13.9 Å². The highest BCUT2D eigenvalue weighted by atomic mass is 31.2. The van der Waals surface area contributed by atoms with Crippen LogP contribution in [0.5, 0.6) is 0 Å². The predicted octanol–water partition coefficient (Wildman–Crippen LogP) is -4.04. The van der Waals surface area contributed by atoms with Crippen molar-refractivity contribution in [2.24, 2.45) is 0 Å². The van der Waals surface area contributed by atoms with Crippen molar-refractivity contribution in [3.63, 3.8) is 0 Å². The van der Waals surface area contributed by atoms with Crippen molar-refractivity contribution in [3.8, 4) is 0 Å². The number of carbonyl (C=O) groups excluding carboxylic acids is 1. The number of nitrogen functional groups attached to an aromatic ring is 1. The maximum absolute atomic E-state index is 12.5. The van der Waals surface area contributed by atoms with Gasteiger partial charge in [-0.2, -0.15) is 4.98 Å². The Balaban J connectivity index is 1.44. The fourth-order valence-corrected chi connectivity index (χ4v) is 5.15. The molecule has 2 aromatic rings. The quantitative estimate of drug-likeness (QED) is 0.0305. The molecular weight excluding hydrogens is 697 g/mol. The van der Waals surface area contributed by atoms with Crippen LogP contribution in [0.1, 0.15) is 25.8 Å². The molecule has 1 aliphatic heterocycles. The van der Waals surface area contributed by atoms with E-state index in [0.29, 0.717) is 5.69 Å². The van der Waals surface area contributed by atoms with E-state index in [1.54, 1.807) is 0 Å². The SMILES string of the molecule is CC(=O)NC(C(O)O)C(OCCOCCOCCn1cc(COC2C(OP(=O)(O)O)[C@@H](CO)O[C@H]2n2ccc(N)nc2=O)nn1)OC(C)CO. The fraction of sp³-hybridized carbons (Fsp3) is 0.731. The van der Waals surface area contributed by atoms with E-state index in [9.17, 15) is 44.4 Å². The third-order valence-electron chi connectivity index (χ3n) is 6.81. The minimum atomic E-state index is -5.08. The van der Waals surface area contributed by atoms with Crippen LogP contribution in [0.2, 0.25) is 0 Å². The molecule has 3 rings (SSSR count). The van der Waals surface area contributed by atoms with E-state index < -0.39 is 75.3 Å². The summed E-state index contributed by atoms with van der Waals surface area (Å²) in [6, 6.07) is 0.00444. The molecule has 0 aliphatic carbocycles. The first kappa shape index (κ1) is 41.4. The van der Waals surface area contributed by atoms with E-state index in [1.165, 1.54) is 37.0 Å². The number of nitrogens with one attached hydrogen (secondary N) is 1. The Kier molecular flexibility index (Phi) is 16.7. The van der Waals surface area contributed by atoms with E-state index >= 15 is 0 Å². The lowest BCUT2D eigenvalue weighted by Crippen LogP contribution is -2.53. The van der Waals surface area contributed by atoms with Gasteiger partial charge in [0.15, 0.2) is 18.8 Å². The highest BCUT2D eigenvalue weighted by Gasteiger charge is 2.50. The van der Waals surface area contributed by atoms with E-state index in [1.807, 2.05) is 0 Å². The number of amides is 1. The molecular formula is C26H44N7O16P. The van der Waals surface area contributed by atoms with Crippen molar-refractivity contribution < 1.29 is 72.5 Å². The number of anilines is 1. The van der Waals surface area contributed by atoms with Crippen LogP contribution in [0.25, 0.3) is 0 Å². The molecule has 3 heterocycles. The van der Waals surface area contributed by atoms with Crippen molar-refractivity contribution in [1.82, 2.24) is 29.9 Å². The zero-order valence-corrected chi connectivity index (χ0v) is 28.1. The summed E-state index contributed by atoms with van der Waals surface area (Å²) in [5.41, 5.74) is 5.03. The number of aliphatic hydroxyl groups is 4. The summed E-state index contributed by atoms with van der Waals surface area (Å²) in [7, 11) is -5.08. The molecule has 1 saturated heterocycles. The molecule has 0 aromatic carbocycles. The van der Waals surface area contributed by atoms with Gasteiger partial charge in [0.05, 0.1) is 71.7 Å². The molecule has 1 aliphatic rings. The third-order valence-corrected chi connectivity index (χ3v) is 7.33. The molecule has 5 unspecified atom stereocenters. The molecule has 0 saturated carbocycles. The molecule has 9 N–H and O–H groups in total. The first-order chi connectivity index (χ1) is 23.7. The molecule has 0 bridgehead atoms. The highest BCUT2D eigenvalue weighted by molar-refractivity contribution is 7.46. The molecule has 284 valence electrons. The van der Waals surface area contributed by atoms with Gasteiger partial charge >= 0.3 is 13.5 Å². The Bertz CT molecular complexity index is 1430. The van der Waals surface area contributed by atoms with Gasteiger partial charge in [0, 0.05) is 13.1 Å². The maximum Gasteiger partial charge on any atom is 0.470 e. The summed E-state index contributed by atoms with van der Waals surface area (Å²) in [5.74, 6) is -0.603. The van der Waals surface area contributed by atoms with Gasteiger partial charge < -0.3 is 69.7 Å². The van der Waals surface area contributed by atoms with E-state index in [2.05, 4.69) is 20.6 Å². The number of nitrogens with two attached hydrogens (primary N) is 1. The Morgan fingerprint density at radius 3 is 2.46 bits per heavy atom. The van der Waals surface area contributed by atoms with Crippen LogP contribution in [0, 0.1) is 0 Å². The predicted molar refractivity (Wildman–Crippen MR) is 164 cm³/mol. The molecule has 0 radical (unpaired) electrons. The molecule has 23 nitrogen and oxygen atoms in total. The van der Waals surface area contributed by atoms with Crippen molar-refractivity contribution >= 4 is 19.5 Å².